The fourth-order valence-corrected chi connectivity index (χ4v) is 3.66. The molecule has 1 fully saturated rings. The molecule has 1 saturated heterocycles. The Labute approximate surface area is 131 Å². The van der Waals surface area contributed by atoms with E-state index in [4.69, 9.17) is 0 Å². The molecule has 7 heteroatoms. The second kappa shape index (κ2) is 7.21. The highest BCUT2D eigenvalue weighted by molar-refractivity contribution is 7.89. The van der Waals surface area contributed by atoms with Crippen LogP contribution in [0.1, 0.15) is 37.0 Å². The number of sulfonamides is 1. The van der Waals surface area contributed by atoms with Crippen molar-refractivity contribution < 1.29 is 13.2 Å². The highest BCUT2D eigenvalue weighted by Crippen LogP contribution is 2.11. The molecule has 3 N–H and O–H groups in total. The van der Waals surface area contributed by atoms with Crippen LogP contribution in [-0.2, 0) is 10.0 Å². The number of amides is 1. The van der Waals surface area contributed by atoms with E-state index in [-0.39, 0.29) is 16.8 Å². The molecular formula is C15H23N3O3S. The molecule has 0 aromatic heterocycles. The number of carbonyl (C=O) groups is 1. The molecule has 122 valence electrons. The van der Waals surface area contributed by atoms with Gasteiger partial charge in [-0.1, -0.05) is 0 Å². The molecule has 1 aliphatic heterocycles. The predicted molar refractivity (Wildman–Crippen MR) is 85.3 cm³/mol. The number of benzene rings is 1. The SMILES string of the molecule is CC(C)NS(=O)(=O)c1ccc(C(=O)NCC2CCCN2)cc1. The molecular weight excluding hydrogens is 302 g/mol. The maximum Gasteiger partial charge on any atom is 0.251 e. The van der Waals surface area contributed by atoms with Crippen LogP contribution in [-0.4, -0.2) is 39.5 Å². The monoisotopic (exact) mass is 325 g/mol. The summed E-state index contributed by atoms with van der Waals surface area (Å²) in [4.78, 5) is 12.2. The molecule has 1 heterocycles. The van der Waals surface area contributed by atoms with Crippen LogP contribution in [0.15, 0.2) is 29.2 Å². The average Bonchev–Trinajstić information content (AvgIpc) is 2.97. The van der Waals surface area contributed by atoms with Gasteiger partial charge in [-0.15, -0.1) is 0 Å². The molecule has 1 aromatic carbocycles. The Hall–Kier alpha value is -1.44. The first kappa shape index (κ1) is 16.9. The molecule has 0 spiro atoms. The van der Waals surface area contributed by atoms with Gasteiger partial charge < -0.3 is 10.6 Å². The topological polar surface area (TPSA) is 87.3 Å². The van der Waals surface area contributed by atoms with Gasteiger partial charge in [-0.2, -0.15) is 0 Å². The molecule has 1 aliphatic rings. The first-order valence-corrected chi connectivity index (χ1v) is 9.01. The molecule has 6 nitrogen and oxygen atoms in total. The van der Waals surface area contributed by atoms with Gasteiger partial charge in [-0.25, -0.2) is 13.1 Å². The van der Waals surface area contributed by atoms with Crippen molar-refractivity contribution >= 4 is 15.9 Å². The van der Waals surface area contributed by atoms with E-state index in [0.29, 0.717) is 18.2 Å². The summed E-state index contributed by atoms with van der Waals surface area (Å²) >= 11 is 0. The van der Waals surface area contributed by atoms with E-state index < -0.39 is 10.0 Å². The Morgan fingerprint density at radius 1 is 1.32 bits per heavy atom. The third kappa shape index (κ3) is 4.53. The molecule has 0 aliphatic carbocycles. The van der Waals surface area contributed by atoms with Crippen molar-refractivity contribution in [2.24, 2.45) is 0 Å². The van der Waals surface area contributed by atoms with Crippen molar-refractivity contribution in [1.82, 2.24) is 15.4 Å². The second-order valence-electron chi connectivity index (χ2n) is 5.80. The second-order valence-corrected chi connectivity index (χ2v) is 7.52. The Kier molecular flexibility index (Phi) is 5.55. The van der Waals surface area contributed by atoms with Crippen LogP contribution >= 0.6 is 0 Å². The lowest BCUT2D eigenvalue weighted by atomic mass is 10.2. The molecule has 1 atom stereocenters. The zero-order valence-corrected chi connectivity index (χ0v) is 13.7. The predicted octanol–water partition coefficient (Wildman–Crippen LogP) is 0.855. The van der Waals surface area contributed by atoms with Crippen molar-refractivity contribution in [3.63, 3.8) is 0 Å². The van der Waals surface area contributed by atoms with Crippen molar-refractivity contribution in [1.29, 1.82) is 0 Å². The fraction of sp³-hybridized carbons (Fsp3) is 0.533. The van der Waals surface area contributed by atoms with Crippen LogP contribution in [0.4, 0.5) is 0 Å². The van der Waals surface area contributed by atoms with Crippen LogP contribution in [0.25, 0.3) is 0 Å². The quantitative estimate of drug-likeness (QED) is 0.724. The summed E-state index contributed by atoms with van der Waals surface area (Å²) < 4.78 is 26.5. The number of nitrogens with one attached hydrogen (secondary N) is 3. The van der Waals surface area contributed by atoms with Gasteiger partial charge in [0.05, 0.1) is 4.90 Å². The Morgan fingerprint density at radius 3 is 2.55 bits per heavy atom. The smallest absolute Gasteiger partial charge is 0.251 e. The zero-order chi connectivity index (χ0) is 16.2. The first-order chi connectivity index (χ1) is 10.4. The number of rotatable bonds is 6. The van der Waals surface area contributed by atoms with Crippen LogP contribution < -0.4 is 15.4 Å². The number of hydrogen-bond donors (Lipinski definition) is 3. The third-order valence-electron chi connectivity index (χ3n) is 3.49. The molecule has 0 saturated carbocycles. The molecule has 1 amide bonds. The van der Waals surface area contributed by atoms with Crippen LogP contribution in [0.5, 0.6) is 0 Å². The largest absolute Gasteiger partial charge is 0.350 e. The molecule has 22 heavy (non-hydrogen) atoms. The summed E-state index contributed by atoms with van der Waals surface area (Å²) in [5.41, 5.74) is 0.460. The first-order valence-electron chi connectivity index (χ1n) is 7.52. The molecule has 2 rings (SSSR count). The van der Waals surface area contributed by atoms with Gasteiger partial charge in [0.2, 0.25) is 10.0 Å². The Morgan fingerprint density at radius 2 is 2.00 bits per heavy atom. The van der Waals surface area contributed by atoms with Crippen molar-refractivity contribution in [3.05, 3.63) is 29.8 Å². The lowest BCUT2D eigenvalue weighted by molar-refractivity contribution is 0.0950. The Balaban J connectivity index is 1.97. The number of carbonyl (C=O) groups excluding carboxylic acids is 1. The van der Waals surface area contributed by atoms with Crippen molar-refractivity contribution in [2.45, 2.75) is 43.7 Å². The van der Waals surface area contributed by atoms with Gasteiger partial charge in [0.15, 0.2) is 0 Å². The number of hydrogen-bond acceptors (Lipinski definition) is 4. The zero-order valence-electron chi connectivity index (χ0n) is 12.9. The maximum atomic E-state index is 12.0. The van der Waals surface area contributed by atoms with Crippen molar-refractivity contribution in [2.75, 3.05) is 13.1 Å². The highest BCUT2D eigenvalue weighted by Gasteiger charge is 2.17. The summed E-state index contributed by atoms with van der Waals surface area (Å²) in [6.07, 6.45) is 2.20. The minimum absolute atomic E-state index is 0.162. The lowest BCUT2D eigenvalue weighted by Gasteiger charge is -2.12. The summed E-state index contributed by atoms with van der Waals surface area (Å²) in [5, 5.41) is 6.17. The molecule has 0 bridgehead atoms. The van der Waals surface area contributed by atoms with E-state index in [0.717, 1.165) is 19.4 Å². The minimum atomic E-state index is -3.52. The lowest BCUT2D eigenvalue weighted by Crippen LogP contribution is -2.37. The van der Waals surface area contributed by atoms with Gasteiger partial charge in [-0.05, 0) is 57.5 Å². The summed E-state index contributed by atoms with van der Waals surface area (Å²) in [6.45, 7) is 5.11. The highest BCUT2D eigenvalue weighted by atomic mass is 32.2. The standard InChI is InChI=1S/C15H23N3O3S/c1-11(2)18-22(20,21)14-7-5-12(6-8-14)15(19)17-10-13-4-3-9-16-13/h5-8,11,13,16,18H,3-4,9-10H2,1-2H3,(H,17,19). The van der Waals surface area contributed by atoms with E-state index in [1.54, 1.807) is 13.8 Å². The minimum Gasteiger partial charge on any atom is -0.350 e. The van der Waals surface area contributed by atoms with E-state index in [2.05, 4.69) is 15.4 Å². The van der Waals surface area contributed by atoms with E-state index in [1.807, 2.05) is 0 Å². The summed E-state index contributed by atoms with van der Waals surface area (Å²) in [7, 11) is -3.52. The summed E-state index contributed by atoms with van der Waals surface area (Å²) in [6, 6.07) is 6.13. The van der Waals surface area contributed by atoms with Gasteiger partial charge in [-0.3, -0.25) is 4.79 Å². The van der Waals surface area contributed by atoms with Gasteiger partial charge in [0, 0.05) is 24.2 Å². The molecule has 1 unspecified atom stereocenters. The Bertz CT molecular complexity index is 605. The van der Waals surface area contributed by atoms with Crippen LogP contribution in [0.2, 0.25) is 0 Å². The van der Waals surface area contributed by atoms with Gasteiger partial charge >= 0.3 is 0 Å². The maximum absolute atomic E-state index is 12.0. The normalized spacial score (nSPS) is 18.6. The van der Waals surface area contributed by atoms with Crippen LogP contribution in [0.3, 0.4) is 0 Å². The van der Waals surface area contributed by atoms with Crippen LogP contribution in [0, 0.1) is 0 Å². The summed E-state index contributed by atoms with van der Waals surface area (Å²) in [5.74, 6) is -0.186. The molecule has 1 aromatic rings. The average molecular weight is 325 g/mol. The third-order valence-corrected chi connectivity index (χ3v) is 5.16. The van der Waals surface area contributed by atoms with E-state index in [9.17, 15) is 13.2 Å². The van der Waals surface area contributed by atoms with Gasteiger partial charge in [0.1, 0.15) is 0 Å². The van der Waals surface area contributed by atoms with E-state index in [1.165, 1.54) is 24.3 Å². The van der Waals surface area contributed by atoms with Crippen molar-refractivity contribution in [3.8, 4) is 0 Å². The molecule has 0 radical (unpaired) electrons. The fourth-order valence-electron chi connectivity index (χ4n) is 2.41. The van der Waals surface area contributed by atoms with Gasteiger partial charge in [0.25, 0.3) is 5.91 Å². The van der Waals surface area contributed by atoms with E-state index >= 15 is 0 Å².